The van der Waals surface area contributed by atoms with Crippen molar-refractivity contribution in [2.24, 2.45) is 5.92 Å². The molecule has 1 N–H and O–H groups in total. The van der Waals surface area contributed by atoms with Crippen LogP contribution in [0.15, 0.2) is 35.7 Å². The largest absolute Gasteiger partial charge is 0.374 e. The van der Waals surface area contributed by atoms with Gasteiger partial charge in [-0.1, -0.05) is 18.2 Å². The van der Waals surface area contributed by atoms with Gasteiger partial charge in [-0.15, -0.1) is 11.3 Å². The molecule has 0 bridgehead atoms. The summed E-state index contributed by atoms with van der Waals surface area (Å²) in [7, 11) is 2.13. The highest BCUT2D eigenvalue weighted by molar-refractivity contribution is 7.12. The second kappa shape index (κ2) is 8.35. The number of hydrogen-bond acceptors (Lipinski definition) is 4. The molecule has 6 heteroatoms. The molecule has 0 spiro atoms. The fourth-order valence-corrected chi connectivity index (χ4v) is 4.90. The molecule has 2 aliphatic heterocycles. The van der Waals surface area contributed by atoms with Crippen LogP contribution in [0.2, 0.25) is 0 Å². The van der Waals surface area contributed by atoms with Crippen molar-refractivity contribution in [3.8, 4) is 0 Å². The van der Waals surface area contributed by atoms with E-state index in [4.69, 9.17) is 0 Å². The Kier molecular flexibility index (Phi) is 5.67. The summed E-state index contributed by atoms with van der Waals surface area (Å²) in [5.74, 6) is -0.0220. The molecule has 148 valence electrons. The van der Waals surface area contributed by atoms with Gasteiger partial charge < -0.3 is 15.1 Å². The summed E-state index contributed by atoms with van der Waals surface area (Å²) in [4.78, 5) is 30.2. The molecule has 1 unspecified atom stereocenters. The minimum absolute atomic E-state index is 0.0475. The Balaban J connectivity index is 1.34. The van der Waals surface area contributed by atoms with Gasteiger partial charge in [-0.2, -0.15) is 0 Å². The fourth-order valence-electron chi connectivity index (χ4n) is 4.21. The molecule has 28 heavy (non-hydrogen) atoms. The summed E-state index contributed by atoms with van der Waals surface area (Å²) < 4.78 is 0. The third kappa shape index (κ3) is 4.07. The van der Waals surface area contributed by atoms with Gasteiger partial charge in [0.25, 0.3) is 5.91 Å². The van der Waals surface area contributed by atoms with Crippen LogP contribution in [0, 0.1) is 5.92 Å². The van der Waals surface area contributed by atoms with Crippen molar-refractivity contribution in [1.82, 2.24) is 10.2 Å². The van der Waals surface area contributed by atoms with Crippen LogP contribution in [0.4, 0.5) is 5.69 Å². The molecule has 2 aromatic rings. The Hall–Kier alpha value is -2.34. The van der Waals surface area contributed by atoms with E-state index in [0.717, 1.165) is 42.8 Å². The molecule has 2 aliphatic rings. The number of nitrogens with zero attached hydrogens (tertiary/aromatic N) is 2. The lowest BCUT2D eigenvalue weighted by Gasteiger charge is -2.32. The quantitative estimate of drug-likeness (QED) is 0.861. The number of thiophene rings is 1. The number of nitrogens with one attached hydrogen (secondary N) is 1. The minimum atomic E-state index is -0.124. The van der Waals surface area contributed by atoms with Gasteiger partial charge in [0.05, 0.1) is 10.8 Å². The highest BCUT2D eigenvalue weighted by atomic mass is 32.1. The van der Waals surface area contributed by atoms with E-state index in [-0.39, 0.29) is 17.7 Å². The Labute approximate surface area is 170 Å². The van der Waals surface area contributed by atoms with Crippen molar-refractivity contribution in [3.05, 3.63) is 51.7 Å². The molecule has 0 aliphatic carbocycles. The number of likely N-dealkylation sites (tertiary alicyclic amines) is 1. The van der Waals surface area contributed by atoms with E-state index in [1.165, 1.54) is 29.0 Å². The van der Waals surface area contributed by atoms with Gasteiger partial charge in [-0.3, -0.25) is 9.59 Å². The first-order chi connectivity index (χ1) is 13.6. The van der Waals surface area contributed by atoms with Crippen LogP contribution in [0.25, 0.3) is 0 Å². The first-order valence-electron chi connectivity index (χ1n) is 10.1. The van der Waals surface area contributed by atoms with E-state index in [2.05, 4.69) is 35.5 Å². The van der Waals surface area contributed by atoms with Crippen LogP contribution in [0.3, 0.4) is 0 Å². The lowest BCUT2D eigenvalue weighted by atomic mass is 9.96. The van der Waals surface area contributed by atoms with Crippen LogP contribution >= 0.6 is 11.3 Å². The van der Waals surface area contributed by atoms with Crippen LogP contribution < -0.4 is 10.2 Å². The van der Waals surface area contributed by atoms with Crippen molar-refractivity contribution >= 4 is 28.8 Å². The molecule has 0 saturated carbocycles. The highest BCUT2D eigenvalue weighted by Gasteiger charge is 2.29. The minimum Gasteiger partial charge on any atom is -0.374 e. The van der Waals surface area contributed by atoms with E-state index in [0.29, 0.717) is 13.1 Å². The number of rotatable bonds is 4. The SMILES string of the molecule is CN1CCCc2cc(CNC(=O)C3CCCN(C(=O)c4cccs4)C3)ccc21. The van der Waals surface area contributed by atoms with Gasteiger partial charge in [0.1, 0.15) is 0 Å². The topological polar surface area (TPSA) is 52.7 Å². The molecule has 1 aromatic carbocycles. The van der Waals surface area contributed by atoms with Crippen molar-refractivity contribution in [1.29, 1.82) is 0 Å². The Morgan fingerprint density at radius 3 is 2.93 bits per heavy atom. The van der Waals surface area contributed by atoms with E-state index >= 15 is 0 Å². The monoisotopic (exact) mass is 397 g/mol. The maximum absolute atomic E-state index is 12.7. The third-order valence-corrected chi connectivity index (χ3v) is 6.63. The number of anilines is 1. The van der Waals surface area contributed by atoms with E-state index in [9.17, 15) is 9.59 Å². The molecule has 0 radical (unpaired) electrons. The van der Waals surface area contributed by atoms with Crippen molar-refractivity contribution in [2.75, 3.05) is 31.6 Å². The maximum Gasteiger partial charge on any atom is 0.263 e. The zero-order valence-corrected chi connectivity index (χ0v) is 17.1. The summed E-state index contributed by atoms with van der Waals surface area (Å²) in [6, 6.07) is 10.2. The standard InChI is InChI=1S/C22H27N3O2S/c1-24-10-2-5-17-13-16(8-9-19(17)24)14-23-21(26)18-6-3-11-25(15-18)22(27)20-7-4-12-28-20/h4,7-9,12-13,18H,2-3,5-6,10-11,14-15H2,1H3,(H,23,26). The van der Waals surface area contributed by atoms with E-state index in [1.54, 1.807) is 0 Å². The molecule has 4 rings (SSSR count). The lowest BCUT2D eigenvalue weighted by Crippen LogP contribution is -2.45. The molecule has 1 fully saturated rings. The number of carbonyl (C=O) groups is 2. The van der Waals surface area contributed by atoms with Gasteiger partial charge in [-0.05, 0) is 54.3 Å². The third-order valence-electron chi connectivity index (χ3n) is 5.77. The van der Waals surface area contributed by atoms with Gasteiger partial charge in [0.2, 0.25) is 5.91 Å². The van der Waals surface area contributed by atoms with Crippen LogP contribution in [0.1, 0.15) is 40.1 Å². The molecule has 5 nitrogen and oxygen atoms in total. The fraction of sp³-hybridized carbons (Fsp3) is 0.455. The Bertz CT molecular complexity index is 849. The van der Waals surface area contributed by atoms with Crippen molar-refractivity contribution < 1.29 is 9.59 Å². The van der Waals surface area contributed by atoms with Crippen molar-refractivity contribution in [2.45, 2.75) is 32.2 Å². The summed E-state index contributed by atoms with van der Waals surface area (Å²) in [6.45, 7) is 2.90. The first kappa shape index (κ1) is 19.0. The molecular formula is C22H27N3O2S. The normalized spacial score (nSPS) is 19.2. The number of aryl methyl sites for hydroxylation is 1. The van der Waals surface area contributed by atoms with Gasteiger partial charge in [-0.25, -0.2) is 0 Å². The molecule has 3 heterocycles. The number of benzene rings is 1. The van der Waals surface area contributed by atoms with Crippen molar-refractivity contribution in [3.63, 3.8) is 0 Å². The van der Waals surface area contributed by atoms with Crippen LogP contribution in [-0.4, -0.2) is 43.4 Å². The number of piperidine rings is 1. The maximum atomic E-state index is 12.7. The highest BCUT2D eigenvalue weighted by Crippen LogP contribution is 2.27. The molecule has 1 saturated heterocycles. The average Bonchev–Trinajstić information content (AvgIpc) is 3.26. The zero-order valence-electron chi connectivity index (χ0n) is 16.3. The Morgan fingerprint density at radius 2 is 2.11 bits per heavy atom. The van der Waals surface area contributed by atoms with Gasteiger partial charge in [0.15, 0.2) is 0 Å². The summed E-state index contributed by atoms with van der Waals surface area (Å²) >= 11 is 1.46. The Morgan fingerprint density at radius 1 is 1.21 bits per heavy atom. The lowest BCUT2D eigenvalue weighted by molar-refractivity contribution is -0.126. The average molecular weight is 398 g/mol. The molecule has 2 amide bonds. The predicted octanol–water partition coefficient (Wildman–Crippen LogP) is 3.30. The van der Waals surface area contributed by atoms with Crippen LogP contribution in [-0.2, 0) is 17.8 Å². The number of fused-ring (bicyclic) bond motifs is 1. The molecular weight excluding hydrogens is 370 g/mol. The first-order valence-corrected chi connectivity index (χ1v) is 10.9. The number of amides is 2. The molecule has 1 atom stereocenters. The molecule has 1 aromatic heterocycles. The van der Waals surface area contributed by atoms with E-state index in [1.807, 2.05) is 22.4 Å². The van der Waals surface area contributed by atoms with E-state index < -0.39 is 0 Å². The predicted molar refractivity (Wildman–Crippen MR) is 113 cm³/mol. The smallest absolute Gasteiger partial charge is 0.263 e. The van der Waals surface area contributed by atoms with Gasteiger partial charge in [0, 0.05) is 38.9 Å². The van der Waals surface area contributed by atoms with Gasteiger partial charge >= 0.3 is 0 Å². The zero-order chi connectivity index (χ0) is 19.5. The number of carbonyl (C=O) groups excluding carboxylic acids is 2. The summed E-state index contributed by atoms with van der Waals surface area (Å²) in [5.41, 5.74) is 3.81. The second-order valence-corrected chi connectivity index (χ2v) is 8.72. The number of hydrogen-bond donors (Lipinski definition) is 1. The summed E-state index contributed by atoms with van der Waals surface area (Å²) in [6.07, 6.45) is 3.99. The van der Waals surface area contributed by atoms with Crippen LogP contribution in [0.5, 0.6) is 0 Å². The summed E-state index contributed by atoms with van der Waals surface area (Å²) in [5, 5.41) is 5.01. The second-order valence-electron chi connectivity index (χ2n) is 7.77.